The summed E-state index contributed by atoms with van der Waals surface area (Å²) >= 11 is 0. The van der Waals surface area contributed by atoms with Crippen molar-refractivity contribution in [2.75, 3.05) is 26.7 Å². The average molecular weight is 355 g/mol. The molecule has 2 aromatic rings. The number of amides is 1. The number of aromatic amines is 1. The molecule has 0 bridgehead atoms. The van der Waals surface area contributed by atoms with Crippen molar-refractivity contribution in [3.63, 3.8) is 0 Å². The van der Waals surface area contributed by atoms with E-state index in [1.807, 2.05) is 29.2 Å². The smallest absolute Gasteiger partial charge is 0.270 e. The van der Waals surface area contributed by atoms with Crippen LogP contribution in [0.25, 0.3) is 10.9 Å². The number of nitrogens with one attached hydrogen (secondary N) is 1. The van der Waals surface area contributed by atoms with Gasteiger partial charge in [0.25, 0.3) is 5.91 Å². The van der Waals surface area contributed by atoms with Crippen molar-refractivity contribution in [3.05, 3.63) is 30.0 Å². The van der Waals surface area contributed by atoms with Gasteiger partial charge in [0, 0.05) is 29.5 Å². The van der Waals surface area contributed by atoms with Crippen LogP contribution >= 0.6 is 0 Å². The van der Waals surface area contributed by atoms with Crippen LogP contribution in [0.4, 0.5) is 0 Å². The van der Waals surface area contributed by atoms with E-state index in [9.17, 15) is 4.79 Å². The molecule has 1 aromatic heterocycles. The highest BCUT2D eigenvalue weighted by molar-refractivity contribution is 5.98. The predicted molar refractivity (Wildman–Crippen MR) is 104 cm³/mol. The minimum Gasteiger partial charge on any atom is -0.494 e. The van der Waals surface area contributed by atoms with Crippen LogP contribution in [0, 0.1) is 0 Å². The molecule has 26 heavy (non-hydrogen) atoms. The monoisotopic (exact) mass is 355 g/mol. The van der Waals surface area contributed by atoms with Gasteiger partial charge in [0.15, 0.2) is 0 Å². The van der Waals surface area contributed by atoms with Gasteiger partial charge in [-0.25, -0.2) is 0 Å². The Kier molecular flexibility index (Phi) is 4.90. The zero-order chi connectivity index (χ0) is 18.1. The van der Waals surface area contributed by atoms with Crippen LogP contribution in [0.1, 0.15) is 49.5 Å². The van der Waals surface area contributed by atoms with Crippen LogP contribution in [0.15, 0.2) is 24.3 Å². The molecule has 2 saturated heterocycles. The zero-order valence-corrected chi connectivity index (χ0v) is 15.8. The third-order valence-electron chi connectivity index (χ3n) is 6.03. The molecule has 4 rings (SSSR count). The number of carbonyl (C=O) groups is 1. The zero-order valence-electron chi connectivity index (χ0n) is 15.8. The number of hydrogen-bond acceptors (Lipinski definition) is 3. The van der Waals surface area contributed by atoms with Gasteiger partial charge in [-0.2, -0.15) is 0 Å². The second-order valence-corrected chi connectivity index (χ2v) is 7.84. The summed E-state index contributed by atoms with van der Waals surface area (Å²) < 4.78 is 5.98. The summed E-state index contributed by atoms with van der Waals surface area (Å²) in [4.78, 5) is 20.4. The maximum Gasteiger partial charge on any atom is 0.270 e. The first-order valence-electron chi connectivity index (χ1n) is 9.88. The highest BCUT2D eigenvalue weighted by Gasteiger charge is 2.27. The van der Waals surface area contributed by atoms with E-state index in [1.54, 1.807) is 0 Å². The predicted octanol–water partition coefficient (Wildman–Crippen LogP) is 3.66. The van der Waals surface area contributed by atoms with Crippen LogP contribution in [-0.4, -0.2) is 59.5 Å². The summed E-state index contributed by atoms with van der Waals surface area (Å²) in [5.74, 6) is 0.989. The number of nitrogens with zero attached hydrogens (tertiary/aromatic N) is 2. The molecule has 0 saturated carbocycles. The first kappa shape index (κ1) is 17.4. The molecular formula is C21H29N3O2. The fourth-order valence-corrected chi connectivity index (χ4v) is 4.36. The van der Waals surface area contributed by atoms with Crippen molar-refractivity contribution >= 4 is 16.8 Å². The van der Waals surface area contributed by atoms with E-state index in [2.05, 4.69) is 23.9 Å². The first-order valence-corrected chi connectivity index (χ1v) is 9.88. The Balaban J connectivity index is 1.41. The summed E-state index contributed by atoms with van der Waals surface area (Å²) in [7, 11) is 2.20. The normalized spacial score (nSPS) is 23.8. The summed E-state index contributed by atoms with van der Waals surface area (Å²) in [5, 5.41) is 1.04. The number of rotatable bonds is 5. The Morgan fingerprint density at radius 3 is 2.81 bits per heavy atom. The Hall–Kier alpha value is -2.01. The standard InChI is InChI=1S/C21H29N3O2/c1-15-5-3-11-24(15)21(25)20-14-16-13-18(7-8-19(16)22-20)26-12-9-17-6-4-10-23(17)2/h7-8,13-15,17,22H,3-6,9-12H2,1-2H3. The number of benzene rings is 1. The first-order chi connectivity index (χ1) is 12.6. The lowest BCUT2D eigenvalue weighted by Crippen LogP contribution is -2.33. The van der Waals surface area contributed by atoms with Crippen LogP contribution in [0.2, 0.25) is 0 Å². The van der Waals surface area contributed by atoms with Gasteiger partial charge < -0.3 is 19.5 Å². The van der Waals surface area contributed by atoms with E-state index in [0.717, 1.165) is 49.1 Å². The number of aromatic nitrogens is 1. The van der Waals surface area contributed by atoms with Gasteiger partial charge in [-0.05, 0) is 76.9 Å². The molecular weight excluding hydrogens is 326 g/mol. The van der Waals surface area contributed by atoms with Crippen LogP contribution < -0.4 is 4.74 Å². The van der Waals surface area contributed by atoms with E-state index in [0.29, 0.717) is 17.8 Å². The molecule has 2 aliphatic rings. The fraction of sp³-hybridized carbons (Fsp3) is 0.571. The van der Waals surface area contributed by atoms with Gasteiger partial charge in [0.2, 0.25) is 0 Å². The van der Waals surface area contributed by atoms with E-state index < -0.39 is 0 Å². The minimum atomic E-state index is 0.109. The van der Waals surface area contributed by atoms with Gasteiger partial charge in [0.1, 0.15) is 11.4 Å². The maximum absolute atomic E-state index is 12.7. The SMILES string of the molecule is CC1CCCN1C(=O)c1cc2cc(OCCC3CCCN3C)ccc2[nH]1. The van der Waals surface area contributed by atoms with E-state index in [-0.39, 0.29) is 5.91 Å². The summed E-state index contributed by atoms with van der Waals surface area (Å²) in [6, 6.07) is 8.98. The lowest BCUT2D eigenvalue weighted by molar-refractivity contribution is 0.0742. The Morgan fingerprint density at radius 1 is 1.23 bits per heavy atom. The molecule has 1 aromatic carbocycles. The van der Waals surface area contributed by atoms with Crippen molar-refractivity contribution in [2.45, 2.75) is 51.1 Å². The van der Waals surface area contributed by atoms with Crippen molar-refractivity contribution < 1.29 is 9.53 Å². The molecule has 2 atom stereocenters. The number of ether oxygens (including phenoxy) is 1. The van der Waals surface area contributed by atoms with Crippen LogP contribution in [0.5, 0.6) is 5.75 Å². The Morgan fingerprint density at radius 2 is 2.08 bits per heavy atom. The second-order valence-electron chi connectivity index (χ2n) is 7.84. The fourth-order valence-electron chi connectivity index (χ4n) is 4.36. The van der Waals surface area contributed by atoms with Gasteiger partial charge in [-0.1, -0.05) is 0 Å². The number of carbonyl (C=O) groups excluding carboxylic acids is 1. The van der Waals surface area contributed by atoms with Crippen molar-refractivity contribution in [2.24, 2.45) is 0 Å². The molecule has 0 aliphatic carbocycles. The van der Waals surface area contributed by atoms with Crippen molar-refractivity contribution in [1.82, 2.24) is 14.8 Å². The molecule has 2 fully saturated rings. The molecule has 5 nitrogen and oxygen atoms in total. The molecule has 2 unspecified atom stereocenters. The van der Waals surface area contributed by atoms with E-state index >= 15 is 0 Å². The number of likely N-dealkylation sites (tertiary alicyclic amines) is 2. The molecule has 2 aliphatic heterocycles. The van der Waals surface area contributed by atoms with Crippen molar-refractivity contribution in [3.8, 4) is 5.75 Å². The van der Waals surface area contributed by atoms with Gasteiger partial charge >= 0.3 is 0 Å². The van der Waals surface area contributed by atoms with Gasteiger partial charge in [-0.3, -0.25) is 4.79 Å². The Labute approximate surface area is 155 Å². The second kappa shape index (κ2) is 7.31. The van der Waals surface area contributed by atoms with E-state index in [4.69, 9.17) is 4.74 Å². The summed E-state index contributed by atoms with van der Waals surface area (Å²) in [5.41, 5.74) is 1.67. The Bertz CT molecular complexity index is 785. The number of hydrogen-bond donors (Lipinski definition) is 1. The number of fused-ring (bicyclic) bond motifs is 1. The highest BCUT2D eigenvalue weighted by atomic mass is 16.5. The van der Waals surface area contributed by atoms with Gasteiger partial charge in [-0.15, -0.1) is 0 Å². The largest absolute Gasteiger partial charge is 0.494 e. The third kappa shape index (κ3) is 3.45. The molecule has 0 radical (unpaired) electrons. The van der Waals surface area contributed by atoms with Crippen LogP contribution in [0.3, 0.4) is 0 Å². The minimum absolute atomic E-state index is 0.109. The van der Waals surface area contributed by atoms with Gasteiger partial charge in [0.05, 0.1) is 6.61 Å². The quantitative estimate of drug-likeness (QED) is 0.890. The van der Waals surface area contributed by atoms with E-state index in [1.165, 1.54) is 19.4 Å². The molecule has 3 heterocycles. The third-order valence-corrected chi connectivity index (χ3v) is 6.03. The maximum atomic E-state index is 12.7. The number of H-pyrrole nitrogens is 1. The topological polar surface area (TPSA) is 48.6 Å². The lowest BCUT2D eigenvalue weighted by atomic mass is 10.1. The average Bonchev–Trinajstić information content (AvgIpc) is 3.34. The molecule has 140 valence electrons. The van der Waals surface area contributed by atoms with Crippen LogP contribution in [-0.2, 0) is 0 Å². The lowest BCUT2D eigenvalue weighted by Gasteiger charge is -2.20. The molecule has 0 spiro atoms. The molecule has 5 heteroatoms. The highest BCUT2D eigenvalue weighted by Crippen LogP contribution is 2.25. The molecule has 1 N–H and O–H groups in total. The summed E-state index contributed by atoms with van der Waals surface area (Å²) in [6.45, 7) is 4.93. The summed E-state index contributed by atoms with van der Waals surface area (Å²) in [6.07, 6.45) is 5.83. The molecule has 1 amide bonds. The van der Waals surface area contributed by atoms with Crippen molar-refractivity contribution in [1.29, 1.82) is 0 Å².